The van der Waals surface area contributed by atoms with E-state index in [1.165, 1.54) is 6.07 Å². The molecule has 0 atom stereocenters. The minimum absolute atomic E-state index is 0.00796. The highest BCUT2D eigenvalue weighted by Crippen LogP contribution is 2.28. The summed E-state index contributed by atoms with van der Waals surface area (Å²) in [6, 6.07) is 5.02. The number of fused-ring (bicyclic) bond motifs is 1. The Morgan fingerprint density at radius 3 is 2.76 bits per heavy atom. The van der Waals surface area contributed by atoms with Gasteiger partial charge >= 0.3 is 0 Å². The van der Waals surface area contributed by atoms with E-state index in [1.807, 2.05) is 4.90 Å². The molecule has 0 radical (unpaired) electrons. The lowest BCUT2D eigenvalue weighted by molar-refractivity contribution is 0.0668. The van der Waals surface area contributed by atoms with Gasteiger partial charge in [0, 0.05) is 23.7 Å². The largest absolute Gasteiger partial charge is 0.331 e. The molecule has 0 saturated carbocycles. The Balaban J connectivity index is 1.88. The summed E-state index contributed by atoms with van der Waals surface area (Å²) in [6.45, 7) is 2.31. The van der Waals surface area contributed by atoms with Crippen LogP contribution < -0.4 is 5.32 Å². The number of nitrogens with one attached hydrogen (secondary N) is 1. The molecule has 1 aromatic rings. The zero-order valence-electron chi connectivity index (χ0n) is 9.58. The van der Waals surface area contributed by atoms with Crippen LogP contribution in [0.5, 0.6) is 0 Å². The van der Waals surface area contributed by atoms with E-state index in [4.69, 9.17) is 0 Å². The van der Waals surface area contributed by atoms with Gasteiger partial charge in [-0.3, -0.25) is 4.79 Å². The van der Waals surface area contributed by atoms with Gasteiger partial charge in [-0.15, -0.1) is 0 Å². The molecule has 90 valence electrons. The van der Waals surface area contributed by atoms with Gasteiger partial charge in [0.1, 0.15) is 5.82 Å². The molecule has 2 heterocycles. The number of rotatable bonds is 1. The molecule has 0 spiro atoms. The van der Waals surface area contributed by atoms with Crippen LogP contribution in [0.2, 0.25) is 0 Å². The second-order valence-corrected chi connectivity index (χ2v) is 4.68. The fourth-order valence-electron chi connectivity index (χ4n) is 2.73. The molecule has 1 saturated heterocycles. The van der Waals surface area contributed by atoms with Crippen molar-refractivity contribution in [1.82, 2.24) is 10.2 Å². The average Bonchev–Trinajstić information content (AvgIpc) is 2.70. The van der Waals surface area contributed by atoms with Crippen molar-refractivity contribution in [3.63, 3.8) is 0 Å². The van der Waals surface area contributed by atoms with Gasteiger partial charge in [0.05, 0.1) is 0 Å². The summed E-state index contributed by atoms with van der Waals surface area (Å²) in [6.07, 6.45) is 1.92. The Hall–Kier alpha value is -1.42. The van der Waals surface area contributed by atoms with Gasteiger partial charge in [-0.1, -0.05) is 6.07 Å². The fraction of sp³-hybridized carbons (Fsp3) is 0.462. The zero-order chi connectivity index (χ0) is 11.8. The monoisotopic (exact) mass is 234 g/mol. The summed E-state index contributed by atoms with van der Waals surface area (Å²) >= 11 is 0. The Bertz CT molecular complexity index is 455. The molecule has 3 rings (SSSR count). The second-order valence-electron chi connectivity index (χ2n) is 4.68. The summed E-state index contributed by atoms with van der Waals surface area (Å²) < 4.78 is 13.6. The number of benzene rings is 1. The fourth-order valence-corrected chi connectivity index (χ4v) is 2.73. The number of hydrogen-bond acceptors (Lipinski definition) is 2. The number of carbonyl (C=O) groups excluding carboxylic acids is 1. The lowest BCUT2D eigenvalue weighted by Crippen LogP contribution is -2.43. The SMILES string of the molecule is O=C1c2cccc(F)c2CN1C1CCNCC1. The van der Waals surface area contributed by atoms with E-state index in [-0.39, 0.29) is 17.8 Å². The molecule has 2 aliphatic rings. The zero-order valence-corrected chi connectivity index (χ0v) is 9.58. The molecular formula is C13H15FN2O. The number of halogens is 1. The van der Waals surface area contributed by atoms with Crippen molar-refractivity contribution < 1.29 is 9.18 Å². The second kappa shape index (κ2) is 4.11. The lowest BCUT2D eigenvalue weighted by Gasteiger charge is -2.31. The Kier molecular flexibility index (Phi) is 2.59. The molecule has 4 heteroatoms. The molecule has 0 aromatic heterocycles. The van der Waals surface area contributed by atoms with E-state index in [1.54, 1.807) is 12.1 Å². The summed E-state index contributed by atoms with van der Waals surface area (Å²) in [4.78, 5) is 14.0. The third kappa shape index (κ3) is 1.72. The first-order valence-corrected chi connectivity index (χ1v) is 6.06. The summed E-state index contributed by atoms with van der Waals surface area (Å²) in [5.74, 6) is -0.265. The predicted octanol–water partition coefficient (Wildman–Crippen LogP) is 1.53. The number of piperidine rings is 1. The van der Waals surface area contributed by atoms with Crippen LogP contribution in [0.1, 0.15) is 28.8 Å². The minimum Gasteiger partial charge on any atom is -0.331 e. The molecule has 3 nitrogen and oxygen atoms in total. The minimum atomic E-state index is -0.257. The van der Waals surface area contributed by atoms with Gasteiger partial charge in [-0.25, -0.2) is 4.39 Å². The Morgan fingerprint density at radius 1 is 1.29 bits per heavy atom. The third-order valence-electron chi connectivity index (χ3n) is 3.69. The third-order valence-corrected chi connectivity index (χ3v) is 3.69. The lowest BCUT2D eigenvalue weighted by atomic mass is 10.1. The van der Waals surface area contributed by atoms with E-state index in [2.05, 4.69) is 5.32 Å². The van der Waals surface area contributed by atoms with Gasteiger partial charge in [0.15, 0.2) is 0 Å². The van der Waals surface area contributed by atoms with Crippen molar-refractivity contribution in [2.45, 2.75) is 25.4 Å². The number of hydrogen-bond donors (Lipinski definition) is 1. The normalized spacial score (nSPS) is 20.8. The van der Waals surface area contributed by atoms with Gasteiger partial charge < -0.3 is 10.2 Å². The van der Waals surface area contributed by atoms with E-state index < -0.39 is 0 Å². The molecule has 1 aromatic carbocycles. The predicted molar refractivity (Wildman–Crippen MR) is 62.2 cm³/mol. The van der Waals surface area contributed by atoms with E-state index in [0.717, 1.165) is 25.9 Å². The highest BCUT2D eigenvalue weighted by molar-refractivity contribution is 5.98. The molecule has 1 N–H and O–H groups in total. The van der Waals surface area contributed by atoms with Gasteiger partial charge in [0.2, 0.25) is 0 Å². The van der Waals surface area contributed by atoms with Crippen LogP contribution in [0.3, 0.4) is 0 Å². The highest BCUT2D eigenvalue weighted by atomic mass is 19.1. The Labute approximate surface area is 99.6 Å². The first kappa shape index (κ1) is 10.7. The van der Waals surface area contributed by atoms with Crippen molar-refractivity contribution >= 4 is 5.91 Å². The number of nitrogens with zero attached hydrogens (tertiary/aromatic N) is 1. The van der Waals surface area contributed by atoms with Gasteiger partial charge in [0.25, 0.3) is 5.91 Å². The van der Waals surface area contributed by atoms with E-state index >= 15 is 0 Å². The van der Waals surface area contributed by atoms with Crippen LogP contribution in [0.4, 0.5) is 4.39 Å². The van der Waals surface area contributed by atoms with Gasteiger partial charge in [-0.05, 0) is 38.1 Å². The first-order chi connectivity index (χ1) is 8.27. The topological polar surface area (TPSA) is 32.3 Å². The van der Waals surface area contributed by atoms with Crippen molar-refractivity contribution in [2.75, 3.05) is 13.1 Å². The smallest absolute Gasteiger partial charge is 0.254 e. The van der Waals surface area contributed by atoms with Crippen LogP contribution >= 0.6 is 0 Å². The first-order valence-electron chi connectivity index (χ1n) is 6.06. The standard InChI is InChI=1S/C13H15FN2O/c14-12-3-1-2-10-11(12)8-16(13(10)17)9-4-6-15-7-5-9/h1-3,9,15H,4-8H2. The highest BCUT2D eigenvalue weighted by Gasteiger charge is 2.34. The van der Waals surface area contributed by atoms with Crippen molar-refractivity contribution in [3.8, 4) is 0 Å². The molecular weight excluding hydrogens is 219 g/mol. The van der Waals surface area contributed by atoms with E-state index in [0.29, 0.717) is 17.7 Å². The quantitative estimate of drug-likeness (QED) is 0.799. The maximum Gasteiger partial charge on any atom is 0.254 e. The molecule has 2 aliphatic heterocycles. The summed E-state index contributed by atoms with van der Waals surface area (Å²) in [5.41, 5.74) is 1.11. The Morgan fingerprint density at radius 2 is 2.06 bits per heavy atom. The van der Waals surface area contributed by atoms with Crippen molar-refractivity contribution in [1.29, 1.82) is 0 Å². The molecule has 1 fully saturated rings. The van der Waals surface area contributed by atoms with Crippen LogP contribution in [0, 0.1) is 5.82 Å². The van der Waals surface area contributed by atoms with Crippen LogP contribution in [-0.2, 0) is 6.54 Å². The molecule has 17 heavy (non-hydrogen) atoms. The maximum absolute atomic E-state index is 13.6. The van der Waals surface area contributed by atoms with Crippen LogP contribution in [0.15, 0.2) is 18.2 Å². The van der Waals surface area contributed by atoms with Crippen molar-refractivity contribution in [2.24, 2.45) is 0 Å². The maximum atomic E-state index is 13.6. The molecule has 0 aliphatic carbocycles. The van der Waals surface area contributed by atoms with Crippen LogP contribution in [0.25, 0.3) is 0 Å². The average molecular weight is 234 g/mol. The number of carbonyl (C=O) groups is 1. The number of amides is 1. The molecule has 0 bridgehead atoms. The van der Waals surface area contributed by atoms with Gasteiger partial charge in [-0.2, -0.15) is 0 Å². The van der Waals surface area contributed by atoms with Crippen LogP contribution in [-0.4, -0.2) is 29.9 Å². The van der Waals surface area contributed by atoms with Crippen molar-refractivity contribution in [3.05, 3.63) is 35.1 Å². The summed E-state index contributed by atoms with van der Waals surface area (Å²) in [5, 5.41) is 3.27. The molecule has 0 unspecified atom stereocenters. The van der Waals surface area contributed by atoms with E-state index in [9.17, 15) is 9.18 Å². The summed E-state index contributed by atoms with van der Waals surface area (Å²) in [7, 11) is 0. The molecule has 1 amide bonds.